The fraction of sp³-hybridized carbons (Fsp3) is 0.846. The molecule has 5 nitrogen and oxygen atoms in total. The third-order valence-electron chi connectivity index (χ3n) is 2.45. The minimum atomic E-state index is -0.180. The molecule has 0 aromatic carbocycles. The Morgan fingerprint density at radius 2 is 2.00 bits per heavy atom. The number of amides is 1. The molecular weight excluding hydrogens is 232 g/mol. The summed E-state index contributed by atoms with van der Waals surface area (Å²) < 4.78 is 4.80. The normalized spacial score (nSPS) is 11.9. The van der Waals surface area contributed by atoms with Crippen LogP contribution in [-0.2, 0) is 14.3 Å². The van der Waals surface area contributed by atoms with Gasteiger partial charge in [-0.25, -0.2) is 0 Å². The van der Waals surface area contributed by atoms with E-state index in [9.17, 15) is 9.59 Å². The van der Waals surface area contributed by atoms with Gasteiger partial charge in [-0.1, -0.05) is 13.3 Å². The van der Waals surface area contributed by atoms with Crippen LogP contribution in [0.25, 0.3) is 0 Å². The van der Waals surface area contributed by atoms with E-state index in [1.165, 1.54) is 0 Å². The Labute approximate surface area is 110 Å². The lowest BCUT2D eigenvalue weighted by atomic mass is 10.2. The van der Waals surface area contributed by atoms with Gasteiger partial charge < -0.3 is 15.4 Å². The molecule has 106 valence electrons. The first-order valence-corrected chi connectivity index (χ1v) is 6.75. The predicted octanol–water partition coefficient (Wildman–Crippen LogP) is 1.22. The van der Waals surface area contributed by atoms with Crippen LogP contribution >= 0.6 is 0 Å². The van der Waals surface area contributed by atoms with Crippen LogP contribution in [0.5, 0.6) is 0 Å². The van der Waals surface area contributed by atoms with Crippen molar-refractivity contribution in [2.45, 2.75) is 52.5 Å². The smallest absolute Gasteiger partial charge is 0.305 e. The molecule has 5 heteroatoms. The van der Waals surface area contributed by atoms with E-state index >= 15 is 0 Å². The molecule has 0 spiro atoms. The number of rotatable bonds is 10. The van der Waals surface area contributed by atoms with Crippen LogP contribution in [0.4, 0.5) is 0 Å². The van der Waals surface area contributed by atoms with Gasteiger partial charge >= 0.3 is 5.97 Å². The molecule has 0 fully saturated rings. The largest absolute Gasteiger partial charge is 0.466 e. The van der Waals surface area contributed by atoms with E-state index in [2.05, 4.69) is 17.6 Å². The van der Waals surface area contributed by atoms with Crippen molar-refractivity contribution in [3.63, 3.8) is 0 Å². The van der Waals surface area contributed by atoms with Crippen molar-refractivity contribution in [3.05, 3.63) is 0 Å². The number of ether oxygens (including phenoxy) is 1. The topological polar surface area (TPSA) is 67.4 Å². The first-order valence-electron chi connectivity index (χ1n) is 6.75. The number of nitrogens with one attached hydrogen (secondary N) is 2. The van der Waals surface area contributed by atoms with Crippen LogP contribution in [0, 0.1) is 0 Å². The summed E-state index contributed by atoms with van der Waals surface area (Å²) in [7, 11) is 0. The van der Waals surface area contributed by atoms with Gasteiger partial charge in [0.05, 0.1) is 13.2 Å². The molecule has 0 aromatic heterocycles. The quantitative estimate of drug-likeness (QED) is 0.457. The molecular formula is C13H26N2O3. The van der Waals surface area contributed by atoms with E-state index in [1.807, 2.05) is 6.92 Å². The zero-order valence-corrected chi connectivity index (χ0v) is 11.8. The Bertz CT molecular complexity index is 244. The lowest BCUT2D eigenvalue weighted by Gasteiger charge is -2.12. The Morgan fingerprint density at radius 1 is 1.28 bits per heavy atom. The van der Waals surface area contributed by atoms with Crippen LogP contribution in [0.3, 0.4) is 0 Å². The van der Waals surface area contributed by atoms with Crippen LogP contribution < -0.4 is 10.6 Å². The van der Waals surface area contributed by atoms with Crippen molar-refractivity contribution in [1.82, 2.24) is 10.6 Å². The molecule has 0 saturated carbocycles. The minimum absolute atomic E-state index is 0.00656. The van der Waals surface area contributed by atoms with Crippen molar-refractivity contribution in [2.24, 2.45) is 0 Å². The molecule has 0 heterocycles. The summed E-state index contributed by atoms with van der Waals surface area (Å²) >= 11 is 0. The van der Waals surface area contributed by atoms with Crippen molar-refractivity contribution in [1.29, 1.82) is 0 Å². The van der Waals surface area contributed by atoms with Crippen molar-refractivity contribution >= 4 is 11.9 Å². The highest BCUT2D eigenvalue weighted by Crippen LogP contribution is 1.94. The molecule has 0 rings (SSSR count). The SMILES string of the molecule is CCCC(C)NC(=O)CNCCCC(=O)OCC. The van der Waals surface area contributed by atoms with Gasteiger partial charge in [-0.3, -0.25) is 9.59 Å². The maximum Gasteiger partial charge on any atom is 0.305 e. The van der Waals surface area contributed by atoms with Crippen LogP contribution in [0.2, 0.25) is 0 Å². The van der Waals surface area contributed by atoms with Gasteiger partial charge in [-0.05, 0) is 33.2 Å². The standard InChI is InChI=1S/C13H26N2O3/c1-4-7-11(3)15-12(16)10-14-9-6-8-13(17)18-5-2/h11,14H,4-10H2,1-3H3,(H,15,16). The van der Waals surface area contributed by atoms with Gasteiger partial charge in [0.25, 0.3) is 0 Å². The summed E-state index contributed by atoms with van der Waals surface area (Å²) in [4.78, 5) is 22.5. The first-order chi connectivity index (χ1) is 8.60. The van der Waals surface area contributed by atoms with Crippen LogP contribution in [0.1, 0.15) is 46.5 Å². The van der Waals surface area contributed by atoms with E-state index in [0.717, 1.165) is 12.8 Å². The van der Waals surface area contributed by atoms with Gasteiger partial charge in [0.15, 0.2) is 0 Å². The molecule has 0 aliphatic rings. The Hall–Kier alpha value is -1.10. The molecule has 0 saturated heterocycles. The predicted molar refractivity (Wildman–Crippen MR) is 71.2 cm³/mol. The highest BCUT2D eigenvalue weighted by atomic mass is 16.5. The molecule has 0 bridgehead atoms. The summed E-state index contributed by atoms with van der Waals surface area (Å²) in [6.45, 7) is 7.26. The summed E-state index contributed by atoms with van der Waals surface area (Å²) in [5.41, 5.74) is 0. The number of hydrogen-bond donors (Lipinski definition) is 2. The highest BCUT2D eigenvalue weighted by molar-refractivity contribution is 5.78. The highest BCUT2D eigenvalue weighted by Gasteiger charge is 2.06. The number of carbonyl (C=O) groups is 2. The molecule has 0 aliphatic carbocycles. The van der Waals surface area contributed by atoms with Gasteiger partial charge in [-0.15, -0.1) is 0 Å². The molecule has 1 atom stereocenters. The third kappa shape index (κ3) is 10.1. The van der Waals surface area contributed by atoms with Gasteiger partial charge in [0, 0.05) is 12.5 Å². The zero-order chi connectivity index (χ0) is 13.8. The summed E-state index contributed by atoms with van der Waals surface area (Å²) in [5.74, 6) is -0.174. The van der Waals surface area contributed by atoms with E-state index in [4.69, 9.17) is 4.74 Å². The Balaban J connectivity index is 3.43. The molecule has 1 unspecified atom stereocenters. The number of esters is 1. The van der Waals surface area contributed by atoms with Gasteiger partial charge in [-0.2, -0.15) is 0 Å². The lowest BCUT2D eigenvalue weighted by molar-refractivity contribution is -0.143. The van der Waals surface area contributed by atoms with Crippen molar-refractivity contribution < 1.29 is 14.3 Å². The zero-order valence-electron chi connectivity index (χ0n) is 11.8. The lowest BCUT2D eigenvalue weighted by Crippen LogP contribution is -2.39. The van der Waals surface area contributed by atoms with Gasteiger partial charge in [0.2, 0.25) is 5.91 Å². The molecule has 1 amide bonds. The fourth-order valence-corrected chi connectivity index (χ4v) is 1.62. The average Bonchev–Trinajstić information content (AvgIpc) is 2.29. The summed E-state index contributed by atoms with van der Waals surface area (Å²) in [6, 6.07) is 0.226. The minimum Gasteiger partial charge on any atom is -0.466 e. The second-order valence-corrected chi connectivity index (χ2v) is 4.34. The molecule has 0 aliphatic heterocycles. The summed E-state index contributed by atoms with van der Waals surface area (Å²) in [6.07, 6.45) is 3.15. The monoisotopic (exact) mass is 258 g/mol. The average molecular weight is 258 g/mol. The van der Waals surface area contributed by atoms with Crippen LogP contribution in [-0.4, -0.2) is 37.6 Å². The fourth-order valence-electron chi connectivity index (χ4n) is 1.62. The Kier molecular flexibility index (Phi) is 10.3. The number of carbonyl (C=O) groups excluding carboxylic acids is 2. The maximum absolute atomic E-state index is 11.5. The number of hydrogen-bond acceptors (Lipinski definition) is 4. The van der Waals surface area contributed by atoms with E-state index in [0.29, 0.717) is 32.5 Å². The van der Waals surface area contributed by atoms with Crippen LogP contribution in [0.15, 0.2) is 0 Å². The molecule has 2 N–H and O–H groups in total. The molecule has 18 heavy (non-hydrogen) atoms. The second kappa shape index (κ2) is 11.0. The Morgan fingerprint density at radius 3 is 2.61 bits per heavy atom. The van der Waals surface area contributed by atoms with Gasteiger partial charge in [0.1, 0.15) is 0 Å². The first kappa shape index (κ1) is 16.9. The second-order valence-electron chi connectivity index (χ2n) is 4.34. The van der Waals surface area contributed by atoms with Crippen molar-refractivity contribution in [2.75, 3.05) is 19.7 Å². The maximum atomic E-state index is 11.5. The summed E-state index contributed by atoms with van der Waals surface area (Å²) in [5, 5.41) is 5.92. The van der Waals surface area contributed by atoms with E-state index < -0.39 is 0 Å². The molecule has 0 aromatic rings. The van der Waals surface area contributed by atoms with E-state index in [1.54, 1.807) is 6.92 Å². The van der Waals surface area contributed by atoms with E-state index in [-0.39, 0.29) is 17.9 Å². The third-order valence-corrected chi connectivity index (χ3v) is 2.45. The molecule has 0 radical (unpaired) electrons. The van der Waals surface area contributed by atoms with Crippen molar-refractivity contribution in [3.8, 4) is 0 Å².